The van der Waals surface area contributed by atoms with Crippen LogP contribution in [-0.4, -0.2) is 29.6 Å². The molecule has 0 aromatic heterocycles. The quantitative estimate of drug-likeness (QED) is 0.758. The summed E-state index contributed by atoms with van der Waals surface area (Å²) in [6.45, 7) is 6.92. The molecule has 1 saturated heterocycles. The van der Waals surface area contributed by atoms with Crippen molar-refractivity contribution in [3.8, 4) is 0 Å². The lowest BCUT2D eigenvalue weighted by atomic mass is 9.86. The van der Waals surface area contributed by atoms with Crippen LogP contribution in [0.2, 0.25) is 0 Å². The van der Waals surface area contributed by atoms with E-state index < -0.39 is 0 Å². The van der Waals surface area contributed by atoms with Gasteiger partial charge in [-0.1, -0.05) is 19.8 Å². The van der Waals surface area contributed by atoms with Gasteiger partial charge in [0.25, 0.3) is 0 Å². The topological polar surface area (TPSA) is 29.3 Å². The van der Waals surface area contributed by atoms with E-state index in [4.69, 9.17) is 5.73 Å². The molecule has 2 heteroatoms. The highest BCUT2D eigenvalue weighted by Gasteiger charge is 2.42. The first-order chi connectivity index (χ1) is 7.18. The van der Waals surface area contributed by atoms with Crippen molar-refractivity contribution in [1.82, 2.24) is 4.90 Å². The van der Waals surface area contributed by atoms with Crippen LogP contribution in [0.4, 0.5) is 0 Å². The molecule has 2 aliphatic rings. The van der Waals surface area contributed by atoms with Crippen molar-refractivity contribution in [1.29, 1.82) is 0 Å². The fraction of sp³-hybridized carbons (Fsp3) is 1.00. The second kappa shape index (κ2) is 4.42. The molecule has 1 saturated carbocycles. The molecule has 15 heavy (non-hydrogen) atoms. The van der Waals surface area contributed by atoms with Gasteiger partial charge in [-0.25, -0.2) is 0 Å². The van der Waals surface area contributed by atoms with Gasteiger partial charge in [-0.05, 0) is 38.5 Å². The predicted molar refractivity (Wildman–Crippen MR) is 64.8 cm³/mol. The molecule has 0 aromatic rings. The third-order valence-corrected chi connectivity index (χ3v) is 4.64. The molecule has 1 heterocycles. The molecule has 2 atom stereocenters. The lowest BCUT2D eigenvalue weighted by Gasteiger charge is -2.48. The Balaban J connectivity index is 2.11. The zero-order valence-corrected chi connectivity index (χ0v) is 10.3. The summed E-state index contributed by atoms with van der Waals surface area (Å²) >= 11 is 0. The predicted octanol–water partition coefficient (Wildman–Crippen LogP) is 2.38. The van der Waals surface area contributed by atoms with Crippen LogP contribution in [0, 0.1) is 5.92 Å². The standard InChI is InChI=1S/C13H26N2/c1-11-5-6-12(2)15(9-11)13(10-14)7-3-4-8-13/h11-12H,3-10,14H2,1-2H3. The van der Waals surface area contributed by atoms with Crippen LogP contribution in [-0.2, 0) is 0 Å². The number of nitrogens with two attached hydrogens (primary N) is 1. The van der Waals surface area contributed by atoms with Crippen molar-refractivity contribution in [2.45, 2.75) is 64.0 Å². The highest BCUT2D eigenvalue weighted by atomic mass is 15.2. The van der Waals surface area contributed by atoms with Crippen LogP contribution in [0.15, 0.2) is 0 Å². The number of rotatable bonds is 2. The van der Waals surface area contributed by atoms with E-state index in [2.05, 4.69) is 18.7 Å². The Bertz CT molecular complexity index is 209. The molecule has 0 spiro atoms. The molecule has 0 aromatic carbocycles. The van der Waals surface area contributed by atoms with Gasteiger partial charge in [-0.15, -0.1) is 0 Å². The molecule has 0 bridgehead atoms. The van der Waals surface area contributed by atoms with E-state index in [0.717, 1.165) is 18.5 Å². The van der Waals surface area contributed by atoms with Gasteiger partial charge in [0.15, 0.2) is 0 Å². The fourth-order valence-corrected chi connectivity index (χ4v) is 3.59. The summed E-state index contributed by atoms with van der Waals surface area (Å²) in [5.41, 5.74) is 6.43. The minimum Gasteiger partial charge on any atom is -0.329 e. The van der Waals surface area contributed by atoms with E-state index in [-0.39, 0.29) is 0 Å². The average Bonchev–Trinajstić information content (AvgIpc) is 2.71. The first kappa shape index (κ1) is 11.4. The maximum Gasteiger partial charge on any atom is 0.0334 e. The molecule has 0 radical (unpaired) electrons. The number of likely N-dealkylation sites (tertiary alicyclic amines) is 1. The van der Waals surface area contributed by atoms with Crippen molar-refractivity contribution in [2.24, 2.45) is 11.7 Å². The van der Waals surface area contributed by atoms with Crippen LogP contribution in [0.25, 0.3) is 0 Å². The average molecular weight is 210 g/mol. The Hall–Kier alpha value is -0.0800. The van der Waals surface area contributed by atoms with Crippen molar-refractivity contribution in [3.05, 3.63) is 0 Å². The third kappa shape index (κ3) is 2.07. The SMILES string of the molecule is CC1CCC(C)N(C2(CN)CCCC2)C1. The van der Waals surface area contributed by atoms with Crippen molar-refractivity contribution < 1.29 is 0 Å². The number of nitrogens with zero attached hydrogens (tertiary/aromatic N) is 1. The second-order valence-corrected chi connectivity index (χ2v) is 5.82. The monoisotopic (exact) mass is 210 g/mol. The first-order valence-electron chi connectivity index (χ1n) is 6.65. The highest BCUT2D eigenvalue weighted by molar-refractivity contribution is 4.99. The van der Waals surface area contributed by atoms with Gasteiger partial charge in [-0.3, -0.25) is 4.90 Å². The summed E-state index contributed by atoms with van der Waals surface area (Å²) in [5.74, 6) is 0.866. The normalized spacial score (nSPS) is 37.0. The number of hydrogen-bond donors (Lipinski definition) is 1. The maximum atomic E-state index is 6.07. The van der Waals surface area contributed by atoms with Crippen molar-refractivity contribution in [2.75, 3.05) is 13.1 Å². The summed E-state index contributed by atoms with van der Waals surface area (Å²) in [7, 11) is 0. The summed E-state index contributed by atoms with van der Waals surface area (Å²) in [4.78, 5) is 2.74. The van der Waals surface area contributed by atoms with Gasteiger partial charge in [0.2, 0.25) is 0 Å². The molecule has 1 aliphatic heterocycles. The lowest BCUT2D eigenvalue weighted by Crippen LogP contribution is -2.58. The molecule has 2 nitrogen and oxygen atoms in total. The van der Waals surface area contributed by atoms with E-state index in [1.54, 1.807) is 0 Å². The largest absolute Gasteiger partial charge is 0.329 e. The number of hydrogen-bond acceptors (Lipinski definition) is 2. The van der Waals surface area contributed by atoms with Crippen LogP contribution in [0.3, 0.4) is 0 Å². The van der Waals surface area contributed by atoms with Crippen LogP contribution < -0.4 is 5.73 Å². The summed E-state index contributed by atoms with van der Waals surface area (Å²) in [5, 5.41) is 0. The van der Waals surface area contributed by atoms with Gasteiger partial charge in [0.05, 0.1) is 0 Å². The Morgan fingerprint density at radius 1 is 1.20 bits per heavy atom. The number of piperidine rings is 1. The summed E-state index contributed by atoms with van der Waals surface area (Å²) in [6, 6.07) is 0.753. The molecule has 1 aliphatic carbocycles. The summed E-state index contributed by atoms with van der Waals surface area (Å²) < 4.78 is 0. The molecule has 2 unspecified atom stereocenters. The van der Waals surface area contributed by atoms with E-state index in [1.807, 2.05) is 0 Å². The molecule has 88 valence electrons. The van der Waals surface area contributed by atoms with Crippen LogP contribution in [0.1, 0.15) is 52.4 Å². The van der Waals surface area contributed by atoms with Crippen LogP contribution >= 0.6 is 0 Å². The maximum absolute atomic E-state index is 6.07. The van der Waals surface area contributed by atoms with E-state index in [0.29, 0.717) is 5.54 Å². The third-order valence-electron chi connectivity index (χ3n) is 4.64. The lowest BCUT2D eigenvalue weighted by molar-refractivity contribution is 0.0138. The first-order valence-corrected chi connectivity index (χ1v) is 6.65. The fourth-order valence-electron chi connectivity index (χ4n) is 3.59. The van der Waals surface area contributed by atoms with Gasteiger partial charge in [0, 0.05) is 24.7 Å². The molecule has 2 fully saturated rings. The van der Waals surface area contributed by atoms with Crippen molar-refractivity contribution in [3.63, 3.8) is 0 Å². The Labute approximate surface area is 94.2 Å². The molecule has 2 N–H and O–H groups in total. The zero-order chi connectivity index (χ0) is 10.9. The second-order valence-electron chi connectivity index (χ2n) is 5.82. The molecule has 2 rings (SSSR count). The molecule has 0 amide bonds. The van der Waals surface area contributed by atoms with E-state index >= 15 is 0 Å². The van der Waals surface area contributed by atoms with Gasteiger partial charge >= 0.3 is 0 Å². The smallest absolute Gasteiger partial charge is 0.0334 e. The minimum absolute atomic E-state index is 0.369. The van der Waals surface area contributed by atoms with Gasteiger partial charge < -0.3 is 5.73 Å². The molecular formula is C13H26N2. The zero-order valence-electron chi connectivity index (χ0n) is 10.3. The van der Waals surface area contributed by atoms with E-state index in [1.165, 1.54) is 45.1 Å². The highest BCUT2D eigenvalue weighted by Crippen LogP contribution is 2.39. The van der Waals surface area contributed by atoms with Crippen molar-refractivity contribution >= 4 is 0 Å². The Kier molecular flexibility index (Phi) is 3.36. The summed E-state index contributed by atoms with van der Waals surface area (Å²) in [6.07, 6.45) is 8.20. The van der Waals surface area contributed by atoms with E-state index in [9.17, 15) is 0 Å². The molecular weight excluding hydrogens is 184 g/mol. The Morgan fingerprint density at radius 3 is 2.47 bits per heavy atom. The van der Waals surface area contributed by atoms with Gasteiger partial charge in [0.1, 0.15) is 0 Å². The van der Waals surface area contributed by atoms with Gasteiger partial charge in [-0.2, -0.15) is 0 Å². The minimum atomic E-state index is 0.369. The van der Waals surface area contributed by atoms with Crippen LogP contribution in [0.5, 0.6) is 0 Å². The Morgan fingerprint density at radius 2 is 1.87 bits per heavy atom.